The molecule has 0 heterocycles. The summed E-state index contributed by atoms with van der Waals surface area (Å²) in [5, 5.41) is 14.0. The quantitative estimate of drug-likeness (QED) is 0.817. The van der Waals surface area contributed by atoms with Gasteiger partial charge in [0.15, 0.2) is 0 Å². The van der Waals surface area contributed by atoms with Gasteiger partial charge in [-0.1, -0.05) is 42.3 Å². The van der Waals surface area contributed by atoms with Crippen molar-refractivity contribution in [3.63, 3.8) is 0 Å². The first kappa shape index (κ1) is 15.2. The lowest BCUT2D eigenvalue weighted by atomic mass is 10.0. The van der Waals surface area contributed by atoms with Gasteiger partial charge in [-0.25, -0.2) is 0 Å². The lowest BCUT2D eigenvalue weighted by Crippen LogP contribution is -2.24. The van der Waals surface area contributed by atoms with E-state index < -0.39 is 15.6 Å². The minimum Gasteiger partial charge on any atom is -0.378 e. The van der Waals surface area contributed by atoms with Gasteiger partial charge in [0.05, 0.1) is 0 Å². The van der Waals surface area contributed by atoms with Crippen LogP contribution in [0, 0.1) is 17.1 Å². The third kappa shape index (κ3) is 3.06. The molecule has 1 N–H and O–H groups in total. The van der Waals surface area contributed by atoms with E-state index in [1.165, 1.54) is 9.79 Å². The van der Waals surface area contributed by atoms with Crippen LogP contribution in [-0.2, 0) is 0 Å². The van der Waals surface area contributed by atoms with Crippen molar-refractivity contribution in [2.24, 2.45) is 5.92 Å². The molecule has 22 heavy (non-hydrogen) atoms. The Balaban J connectivity index is 2.06. The largest absolute Gasteiger partial charge is 0.378 e. The van der Waals surface area contributed by atoms with Crippen molar-refractivity contribution in [1.82, 2.24) is 0 Å². The molecule has 1 aliphatic carbocycles. The fourth-order valence-electron chi connectivity index (χ4n) is 2.59. The summed E-state index contributed by atoms with van der Waals surface area (Å²) in [6, 6.07) is 20.9. The van der Waals surface area contributed by atoms with E-state index in [0.29, 0.717) is 5.92 Å². The first-order valence-electron chi connectivity index (χ1n) is 7.67. The van der Waals surface area contributed by atoms with Crippen LogP contribution in [0.1, 0.15) is 19.8 Å². The molecule has 2 aromatic carbocycles. The fourth-order valence-corrected chi connectivity index (χ4v) is 4.91. The van der Waals surface area contributed by atoms with Gasteiger partial charge in [-0.3, -0.25) is 0 Å². The zero-order valence-electron chi connectivity index (χ0n) is 13.1. The second kappa shape index (κ2) is 5.83. The van der Waals surface area contributed by atoms with Crippen molar-refractivity contribution >= 4 is 10.0 Å². The highest BCUT2D eigenvalue weighted by Gasteiger charge is 2.39. The highest BCUT2D eigenvalue weighted by molar-refractivity contribution is 8.37. The van der Waals surface area contributed by atoms with Gasteiger partial charge < -0.3 is 5.11 Å². The second-order valence-electron chi connectivity index (χ2n) is 6.19. The molecule has 0 radical (unpaired) electrons. The smallest absolute Gasteiger partial charge is 0.126 e. The Labute approximate surface area is 134 Å². The van der Waals surface area contributed by atoms with Crippen molar-refractivity contribution < 1.29 is 5.11 Å². The van der Waals surface area contributed by atoms with Gasteiger partial charge in [0.25, 0.3) is 0 Å². The molecule has 1 saturated carbocycles. The van der Waals surface area contributed by atoms with Crippen molar-refractivity contribution in [1.29, 1.82) is 0 Å². The Morgan fingerprint density at radius 3 is 1.82 bits per heavy atom. The number of aliphatic hydroxyl groups is 1. The SMILES string of the molecule is CC(O)(C#CS(C)(c1ccccc1)c1ccccc1)C1CC1. The van der Waals surface area contributed by atoms with E-state index in [2.05, 4.69) is 66.0 Å². The molecule has 1 aliphatic rings. The number of hydrogen-bond acceptors (Lipinski definition) is 1. The van der Waals surface area contributed by atoms with Gasteiger partial charge in [0.2, 0.25) is 0 Å². The lowest BCUT2D eigenvalue weighted by Gasteiger charge is -2.31. The van der Waals surface area contributed by atoms with Gasteiger partial charge in [0, 0.05) is 9.79 Å². The Morgan fingerprint density at radius 1 is 0.955 bits per heavy atom. The molecule has 0 aliphatic heterocycles. The summed E-state index contributed by atoms with van der Waals surface area (Å²) >= 11 is 0. The standard InChI is InChI=1S/C20H22OS/c1-20(21,17-13-14-17)15-16-22(2,18-9-5-3-6-10-18)19-11-7-4-8-12-19/h3-12,17,21H,13-14H2,1-2H3. The van der Waals surface area contributed by atoms with E-state index in [-0.39, 0.29) is 0 Å². The van der Waals surface area contributed by atoms with E-state index in [1.54, 1.807) is 0 Å². The molecule has 1 fully saturated rings. The maximum absolute atomic E-state index is 10.6. The molecular weight excluding hydrogens is 288 g/mol. The van der Waals surface area contributed by atoms with Crippen molar-refractivity contribution in [3.8, 4) is 11.2 Å². The average Bonchev–Trinajstić information content (AvgIpc) is 3.40. The molecular formula is C20H22OS. The molecule has 0 amide bonds. The highest BCUT2D eigenvalue weighted by Crippen LogP contribution is 2.58. The monoisotopic (exact) mass is 310 g/mol. The predicted octanol–water partition coefficient (Wildman–Crippen LogP) is 4.66. The van der Waals surface area contributed by atoms with Crippen LogP contribution in [0.2, 0.25) is 0 Å². The number of benzene rings is 2. The van der Waals surface area contributed by atoms with E-state index >= 15 is 0 Å². The predicted molar refractivity (Wildman–Crippen MR) is 94.1 cm³/mol. The molecule has 0 aromatic heterocycles. The molecule has 2 aromatic rings. The Morgan fingerprint density at radius 2 is 1.41 bits per heavy atom. The van der Waals surface area contributed by atoms with Gasteiger partial charge >= 0.3 is 0 Å². The third-order valence-electron chi connectivity index (χ3n) is 4.31. The average molecular weight is 310 g/mol. The third-order valence-corrected chi connectivity index (χ3v) is 7.25. The number of rotatable bonds is 3. The van der Waals surface area contributed by atoms with Crippen LogP contribution in [0.15, 0.2) is 70.5 Å². The van der Waals surface area contributed by atoms with Crippen molar-refractivity contribution in [2.45, 2.75) is 35.2 Å². The summed E-state index contributed by atoms with van der Waals surface area (Å²) in [6.07, 6.45) is 4.39. The summed E-state index contributed by atoms with van der Waals surface area (Å²) < 4.78 is 0. The van der Waals surface area contributed by atoms with Crippen LogP contribution in [0.3, 0.4) is 0 Å². The molecule has 3 rings (SSSR count). The fraction of sp³-hybridized carbons (Fsp3) is 0.300. The topological polar surface area (TPSA) is 20.2 Å². The molecule has 1 unspecified atom stereocenters. The number of hydrogen-bond donors (Lipinski definition) is 1. The Bertz CT molecular complexity index is 651. The summed E-state index contributed by atoms with van der Waals surface area (Å²) in [5.41, 5.74) is -0.863. The van der Waals surface area contributed by atoms with Crippen LogP contribution in [-0.4, -0.2) is 17.0 Å². The highest BCUT2D eigenvalue weighted by atomic mass is 32.3. The molecule has 2 heteroatoms. The first-order valence-corrected chi connectivity index (χ1v) is 9.71. The van der Waals surface area contributed by atoms with Crippen LogP contribution in [0.4, 0.5) is 0 Å². The minimum atomic E-state index is -1.46. The Kier molecular flexibility index (Phi) is 4.04. The van der Waals surface area contributed by atoms with Crippen LogP contribution in [0.25, 0.3) is 0 Å². The molecule has 0 bridgehead atoms. The maximum atomic E-state index is 10.6. The van der Waals surface area contributed by atoms with Gasteiger partial charge in [0.1, 0.15) is 5.60 Å². The van der Waals surface area contributed by atoms with Gasteiger partial charge in [-0.05, 0) is 61.5 Å². The zero-order chi connectivity index (χ0) is 15.6. The Hall–Kier alpha value is -1.69. The lowest BCUT2D eigenvalue weighted by molar-refractivity contribution is 0.0981. The molecule has 0 spiro atoms. The minimum absolute atomic E-state index is 0.343. The normalized spacial score (nSPS) is 18.0. The van der Waals surface area contributed by atoms with Crippen LogP contribution in [0.5, 0.6) is 0 Å². The van der Waals surface area contributed by atoms with Gasteiger partial charge in [-0.2, -0.15) is 0 Å². The maximum Gasteiger partial charge on any atom is 0.126 e. The van der Waals surface area contributed by atoms with Crippen LogP contribution >= 0.6 is 10.0 Å². The van der Waals surface area contributed by atoms with E-state index in [1.807, 2.05) is 19.1 Å². The van der Waals surface area contributed by atoms with Crippen LogP contribution < -0.4 is 0 Å². The summed E-state index contributed by atoms with van der Waals surface area (Å²) in [5.74, 6) is 3.54. The van der Waals surface area contributed by atoms with Gasteiger partial charge in [-0.15, -0.1) is 10.0 Å². The van der Waals surface area contributed by atoms with E-state index in [4.69, 9.17) is 0 Å². The first-order chi connectivity index (χ1) is 10.5. The molecule has 114 valence electrons. The summed E-state index contributed by atoms with van der Waals surface area (Å²) in [4.78, 5) is 2.47. The van der Waals surface area contributed by atoms with E-state index in [0.717, 1.165) is 12.8 Å². The summed E-state index contributed by atoms with van der Waals surface area (Å²) in [6.45, 7) is 1.85. The molecule has 0 saturated heterocycles. The van der Waals surface area contributed by atoms with Crippen molar-refractivity contribution in [3.05, 3.63) is 60.7 Å². The zero-order valence-corrected chi connectivity index (χ0v) is 13.9. The summed E-state index contributed by atoms with van der Waals surface area (Å²) in [7, 11) is -1.46. The van der Waals surface area contributed by atoms with Crippen molar-refractivity contribution in [2.75, 3.05) is 6.26 Å². The second-order valence-corrected chi connectivity index (χ2v) is 9.18. The van der Waals surface area contributed by atoms with E-state index in [9.17, 15) is 5.11 Å². The molecule has 1 atom stereocenters. The molecule has 1 nitrogen and oxygen atoms in total.